The number of nitrogens with zero attached hydrogens (tertiary/aromatic N) is 4. The predicted molar refractivity (Wildman–Crippen MR) is 112 cm³/mol. The van der Waals surface area contributed by atoms with Crippen molar-refractivity contribution in [3.05, 3.63) is 59.9 Å². The Morgan fingerprint density at radius 2 is 1.66 bits per heavy atom. The van der Waals surface area contributed by atoms with Crippen LogP contribution < -0.4 is 4.90 Å². The Balaban J connectivity index is 1.41. The van der Waals surface area contributed by atoms with E-state index in [0.717, 1.165) is 16.5 Å². The number of piperazine rings is 1. The summed E-state index contributed by atoms with van der Waals surface area (Å²) in [5.74, 6) is 0.690. The molecule has 0 spiro atoms. The van der Waals surface area contributed by atoms with Crippen LogP contribution in [-0.4, -0.2) is 48.9 Å². The van der Waals surface area contributed by atoms with Gasteiger partial charge in [-0.1, -0.05) is 23.7 Å². The Kier molecular flexibility index (Phi) is 4.42. The highest BCUT2D eigenvalue weighted by Crippen LogP contribution is 2.32. The van der Waals surface area contributed by atoms with Gasteiger partial charge in [0.1, 0.15) is 17.4 Å². The van der Waals surface area contributed by atoms with Crippen molar-refractivity contribution in [3.63, 3.8) is 0 Å². The van der Waals surface area contributed by atoms with Gasteiger partial charge in [-0.3, -0.25) is 0 Å². The lowest BCUT2D eigenvalue weighted by atomic mass is 10.2. The molecule has 1 fully saturated rings. The monoisotopic (exact) mass is 428 g/mol. The van der Waals surface area contributed by atoms with Gasteiger partial charge in [-0.2, -0.15) is 4.31 Å². The summed E-state index contributed by atoms with van der Waals surface area (Å²) in [4.78, 5) is 11.1. The highest BCUT2D eigenvalue weighted by molar-refractivity contribution is 7.89. The van der Waals surface area contributed by atoms with Crippen LogP contribution in [0.25, 0.3) is 22.1 Å². The molecule has 1 aliphatic rings. The van der Waals surface area contributed by atoms with Crippen LogP contribution in [0, 0.1) is 0 Å². The predicted octanol–water partition coefficient (Wildman–Crippen LogP) is 3.54. The molecule has 0 saturated carbocycles. The lowest BCUT2D eigenvalue weighted by molar-refractivity contribution is 0.383. The number of hydrogen-bond acceptors (Lipinski definition) is 6. The minimum atomic E-state index is -3.56. The molecule has 29 heavy (non-hydrogen) atoms. The smallest absolute Gasteiger partial charge is 0.243 e. The standard InChI is InChI=1S/C20H17ClN4O3S/c21-14-5-7-15(8-6-14)29(26,27)25-11-9-24(10-12-25)20-19-18(22-13-23-20)16-3-1-2-4-17(16)28-19/h1-8,13H,9-12H2. The van der Waals surface area contributed by atoms with Crippen molar-refractivity contribution in [3.8, 4) is 0 Å². The minimum Gasteiger partial charge on any atom is -0.450 e. The molecule has 0 bridgehead atoms. The van der Waals surface area contributed by atoms with Crippen molar-refractivity contribution >= 4 is 49.5 Å². The van der Waals surface area contributed by atoms with E-state index in [2.05, 4.69) is 9.97 Å². The van der Waals surface area contributed by atoms with Crippen LogP contribution in [-0.2, 0) is 10.0 Å². The molecule has 0 unspecified atom stereocenters. The van der Waals surface area contributed by atoms with Crippen molar-refractivity contribution in [1.82, 2.24) is 14.3 Å². The Hall–Kier alpha value is -2.68. The van der Waals surface area contributed by atoms with E-state index in [1.807, 2.05) is 29.2 Å². The van der Waals surface area contributed by atoms with Crippen molar-refractivity contribution in [2.24, 2.45) is 0 Å². The fraction of sp³-hybridized carbons (Fsp3) is 0.200. The molecule has 148 valence electrons. The van der Waals surface area contributed by atoms with Crippen molar-refractivity contribution in [2.75, 3.05) is 31.1 Å². The van der Waals surface area contributed by atoms with Crippen LogP contribution in [0.5, 0.6) is 0 Å². The zero-order valence-corrected chi connectivity index (χ0v) is 16.9. The summed E-state index contributed by atoms with van der Waals surface area (Å²) in [6.45, 7) is 1.74. The van der Waals surface area contributed by atoms with Gasteiger partial charge in [-0.05, 0) is 36.4 Å². The number of benzene rings is 2. The van der Waals surface area contributed by atoms with Gasteiger partial charge in [0.25, 0.3) is 0 Å². The van der Waals surface area contributed by atoms with Crippen LogP contribution in [0.1, 0.15) is 0 Å². The van der Waals surface area contributed by atoms with E-state index in [4.69, 9.17) is 16.0 Å². The number of anilines is 1. The Labute approximate surface area is 172 Å². The van der Waals surface area contributed by atoms with E-state index in [1.54, 1.807) is 12.1 Å². The van der Waals surface area contributed by atoms with E-state index < -0.39 is 10.0 Å². The van der Waals surface area contributed by atoms with Gasteiger partial charge in [-0.25, -0.2) is 18.4 Å². The maximum atomic E-state index is 12.9. The van der Waals surface area contributed by atoms with Crippen molar-refractivity contribution in [2.45, 2.75) is 4.90 Å². The number of aromatic nitrogens is 2. The van der Waals surface area contributed by atoms with Crippen LogP contribution in [0.4, 0.5) is 5.82 Å². The maximum Gasteiger partial charge on any atom is 0.243 e. The van der Waals surface area contributed by atoms with E-state index in [-0.39, 0.29) is 4.90 Å². The second-order valence-corrected chi connectivity index (χ2v) is 9.19. The quantitative estimate of drug-likeness (QED) is 0.496. The number of sulfonamides is 1. The van der Waals surface area contributed by atoms with Crippen LogP contribution in [0.2, 0.25) is 5.02 Å². The molecular formula is C20H17ClN4O3S. The number of halogens is 1. The lowest BCUT2D eigenvalue weighted by Gasteiger charge is -2.34. The summed E-state index contributed by atoms with van der Waals surface area (Å²) in [5, 5.41) is 1.45. The van der Waals surface area contributed by atoms with Gasteiger partial charge in [0.15, 0.2) is 11.4 Å². The summed E-state index contributed by atoms with van der Waals surface area (Å²) in [5.41, 5.74) is 2.15. The molecule has 2 aromatic carbocycles. The molecule has 0 aliphatic carbocycles. The van der Waals surface area contributed by atoms with Gasteiger partial charge in [0, 0.05) is 36.6 Å². The molecule has 5 rings (SSSR count). The highest BCUT2D eigenvalue weighted by Gasteiger charge is 2.30. The molecule has 7 nitrogen and oxygen atoms in total. The van der Waals surface area contributed by atoms with Gasteiger partial charge >= 0.3 is 0 Å². The van der Waals surface area contributed by atoms with E-state index in [0.29, 0.717) is 42.6 Å². The zero-order valence-electron chi connectivity index (χ0n) is 15.3. The number of hydrogen-bond donors (Lipinski definition) is 0. The summed E-state index contributed by atoms with van der Waals surface area (Å²) in [6, 6.07) is 14.0. The highest BCUT2D eigenvalue weighted by atomic mass is 35.5. The molecule has 9 heteroatoms. The number of para-hydroxylation sites is 1. The third-order valence-corrected chi connectivity index (χ3v) is 7.29. The molecule has 2 aromatic heterocycles. The van der Waals surface area contributed by atoms with Crippen molar-refractivity contribution < 1.29 is 12.8 Å². The van der Waals surface area contributed by atoms with E-state index in [9.17, 15) is 8.42 Å². The molecule has 0 amide bonds. The molecule has 0 atom stereocenters. The molecule has 4 aromatic rings. The normalized spacial score (nSPS) is 16.0. The van der Waals surface area contributed by atoms with Gasteiger partial charge in [0.05, 0.1) is 4.90 Å². The maximum absolute atomic E-state index is 12.9. The molecule has 1 saturated heterocycles. The number of fused-ring (bicyclic) bond motifs is 3. The minimum absolute atomic E-state index is 0.247. The lowest BCUT2D eigenvalue weighted by Crippen LogP contribution is -2.49. The first-order chi connectivity index (χ1) is 14.0. The summed E-state index contributed by atoms with van der Waals surface area (Å²) < 4.78 is 33.3. The summed E-state index contributed by atoms with van der Waals surface area (Å²) >= 11 is 5.88. The topological polar surface area (TPSA) is 79.5 Å². The molecule has 0 N–H and O–H groups in total. The van der Waals surface area contributed by atoms with Crippen molar-refractivity contribution in [1.29, 1.82) is 0 Å². The average Bonchev–Trinajstić information content (AvgIpc) is 3.13. The molecular weight excluding hydrogens is 412 g/mol. The number of furan rings is 1. The molecule has 1 aliphatic heterocycles. The summed E-state index contributed by atoms with van der Waals surface area (Å²) in [6.07, 6.45) is 1.52. The Morgan fingerprint density at radius 3 is 2.41 bits per heavy atom. The third kappa shape index (κ3) is 3.13. The Morgan fingerprint density at radius 1 is 0.931 bits per heavy atom. The van der Waals surface area contributed by atoms with Crippen LogP contribution >= 0.6 is 11.6 Å². The fourth-order valence-corrected chi connectivity index (χ4v) is 5.18. The average molecular weight is 429 g/mol. The fourth-order valence-electron chi connectivity index (χ4n) is 3.63. The van der Waals surface area contributed by atoms with Gasteiger partial charge < -0.3 is 9.32 Å². The third-order valence-electron chi connectivity index (χ3n) is 5.13. The SMILES string of the molecule is O=S(=O)(c1ccc(Cl)cc1)N1CCN(c2ncnc3c2oc2ccccc23)CC1. The van der Waals surface area contributed by atoms with Crippen LogP contribution in [0.15, 0.2) is 64.2 Å². The second-order valence-electron chi connectivity index (χ2n) is 6.82. The van der Waals surface area contributed by atoms with Crippen LogP contribution in [0.3, 0.4) is 0 Å². The first-order valence-electron chi connectivity index (χ1n) is 9.17. The van der Waals surface area contributed by atoms with E-state index in [1.165, 1.54) is 22.8 Å². The largest absolute Gasteiger partial charge is 0.450 e. The Bertz CT molecular complexity index is 1300. The summed E-state index contributed by atoms with van der Waals surface area (Å²) in [7, 11) is -3.56. The zero-order chi connectivity index (χ0) is 20.0. The molecule has 3 heterocycles. The first-order valence-corrected chi connectivity index (χ1v) is 11.0. The van der Waals surface area contributed by atoms with Gasteiger partial charge in [-0.15, -0.1) is 0 Å². The van der Waals surface area contributed by atoms with Gasteiger partial charge in [0.2, 0.25) is 10.0 Å². The van der Waals surface area contributed by atoms with E-state index >= 15 is 0 Å². The second kappa shape index (κ2) is 6.98. The molecule has 0 radical (unpaired) electrons. The number of rotatable bonds is 3. The first kappa shape index (κ1) is 18.4.